The largest absolute Gasteiger partial charge is 0.393 e. The molecule has 2 N–H and O–H groups in total. The fourth-order valence-electron chi connectivity index (χ4n) is 2.53. The molecular formula is C13H13F4N3O3. The standard InChI is InChI=1S/C13H13F4N3O3/c14-8-4-9(11(18)10(5-8)20(22)23)12(21)19-3-1-2-7(6-19)13(15,16)17/h4-5,7H,1-3,6,18H2/t7-/m0/s1. The van der Waals surface area contributed by atoms with Crippen molar-refractivity contribution in [2.75, 3.05) is 18.8 Å². The highest BCUT2D eigenvalue weighted by Gasteiger charge is 2.43. The van der Waals surface area contributed by atoms with Crippen LogP contribution in [0.1, 0.15) is 23.2 Å². The van der Waals surface area contributed by atoms with Crippen LogP contribution < -0.4 is 5.73 Å². The van der Waals surface area contributed by atoms with Crippen LogP contribution in [0, 0.1) is 21.8 Å². The minimum atomic E-state index is -4.45. The lowest BCUT2D eigenvalue weighted by atomic mass is 9.96. The number of hydrogen-bond acceptors (Lipinski definition) is 4. The van der Waals surface area contributed by atoms with E-state index in [0.717, 1.165) is 4.90 Å². The molecule has 0 spiro atoms. The number of carbonyl (C=O) groups excluding carboxylic acids is 1. The highest BCUT2D eigenvalue weighted by Crippen LogP contribution is 2.34. The Hall–Kier alpha value is -2.39. The van der Waals surface area contributed by atoms with E-state index < -0.39 is 52.2 Å². The van der Waals surface area contributed by atoms with Crippen molar-refractivity contribution in [3.63, 3.8) is 0 Å². The van der Waals surface area contributed by atoms with Crippen LogP contribution in [0.15, 0.2) is 12.1 Å². The lowest BCUT2D eigenvalue weighted by molar-refractivity contribution is -0.384. The van der Waals surface area contributed by atoms with Gasteiger partial charge in [0.25, 0.3) is 11.6 Å². The first kappa shape index (κ1) is 17.0. The van der Waals surface area contributed by atoms with Gasteiger partial charge in [-0.15, -0.1) is 0 Å². The summed E-state index contributed by atoms with van der Waals surface area (Å²) in [6.45, 7) is -0.527. The van der Waals surface area contributed by atoms with E-state index in [9.17, 15) is 32.5 Å². The van der Waals surface area contributed by atoms with Gasteiger partial charge in [-0.05, 0) is 18.9 Å². The van der Waals surface area contributed by atoms with Gasteiger partial charge in [-0.2, -0.15) is 13.2 Å². The van der Waals surface area contributed by atoms with E-state index in [1.165, 1.54) is 0 Å². The highest BCUT2D eigenvalue weighted by atomic mass is 19.4. The summed E-state index contributed by atoms with van der Waals surface area (Å²) >= 11 is 0. The zero-order chi connectivity index (χ0) is 17.4. The number of nitro benzene ring substituents is 1. The number of nitrogens with two attached hydrogens (primary N) is 1. The Morgan fingerprint density at radius 3 is 2.61 bits per heavy atom. The van der Waals surface area contributed by atoms with Crippen LogP contribution in [0.2, 0.25) is 0 Å². The maximum absolute atomic E-state index is 13.5. The number of hydrogen-bond donors (Lipinski definition) is 1. The number of carbonyl (C=O) groups is 1. The summed E-state index contributed by atoms with van der Waals surface area (Å²) in [6, 6.07) is 1.25. The molecule has 6 nitrogen and oxygen atoms in total. The van der Waals surface area contributed by atoms with Crippen LogP contribution in [-0.2, 0) is 0 Å². The van der Waals surface area contributed by atoms with E-state index in [2.05, 4.69) is 0 Å². The highest BCUT2D eigenvalue weighted by molar-refractivity contribution is 6.01. The van der Waals surface area contributed by atoms with Crippen LogP contribution in [0.3, 0.4) is 0 Å². The SMILES string of the molecule is Nc1c(C(=O)N2CCC[C@H](C(F)(F)F)C2)cc(F)cc1[N+](=O)[O-]. The Morgan fingerprint density at radius 1 is 1.39 bits per heavy atom. The average molecular weight is 335 g/mol. The molecule has 0 bridgehead atoms. The number of rotatable bonds is 2. The van der Waals surface area contributed by atoms with Crippen LogP contribution >= 0.6 is 0 Å². The first-order valence-electron chi connectivity index (χ1n) is 6.70. The molecule has 1 atom stereocenters. The summed E-state index contributed by atoms with van der Waals surface area (Å²) in [6.07, 6.45) is -4.42. The second kappa shape index (κ2) is 6.01. The van der Waals surface area contributed by atoms with Gasteiger partial charge >= 0.3 is 6.18 Å². The minimum Gasteiger partial charge on any atom is -0.393 e. The van der Waals surface area contributed by atoms with Crippen molar-refractivity contribution in [2.24, 2.45) is 5.92 Å². The van der Waals surface area contributed by atoms with Gasteiger partial charge in [0.15, 0.2) is 0 Å². The van der Waals surface area contributed by atoms with E-state index >= 15 is 0 Å². The maximum Gasteiger partial charge on any atom is 0.393 e. The summed E-state index contributed by atoms with van der Waals surface area (Å²) in [5.41, 5.74) is 3.65. The summed E-state index contributed by atoms with van der Waals surface area (Å²) in [5.74, 6) is -3.68. The average Bonchev–Trinajstić information content (AvgIpc) is 2.47. The molecule has 1 aliphatic heterocycles. The van der Waals surface area contributed by atoms with Gasteiger partial charge in [-0.1, -0.05) is 0 Å². The van der Waals surface area contributed by atoms with Crippen molar-refractivity contribution < 1.29 is 27.3 Å². The molecule has 1 aliphatic rings. The molecule has 23 heavy (non-hydrogen) atoms. The number of likely N-dealkylation sites (tertiary alicyclic amines) is 1. The molecule has 2 rings (SSSR count). The minimum absolute atomic E-state index is 0.0508. The zero-order valence-corrected chi connectivity index (χ0v) is 11.8. The first-order valence-corrected chi connectivity index (χ1v) is 6.70. The lowest BCUT2D eigenvalue weighted by Crippen LogP contribution is -2.44. The van der Waals surface area contributed by atoms with Crippen LogP contribution in [0.4, 0.5) is 28.9 Å². The van der Waals surface area contributed by atoms with Crippen LogP contribution in [0.25, 0.3) is 0 Å². The number of nitrogens with zero attached hydrogens (tertiary/aromatic N) is 2. The topological polar surface area (TPSA) is 89.5 Å². The zero-order valence-electron chi connectivity index (χ0n) is 11.8. The summed E-state index contributed by atoms with van der Waals surface area (Å²) in [7, 11) is 0. The predicted octanol–water partition coefficient (Wildman–Crippen LogP) is 2.73. The Labute approximate surface area is 128 Å². The van der Waals surface area contributed by atoms with E-state index in [4.69, 9.17) is 5.73 Å². The van der Waals surface area contributed by atoms with Gasteiger partial charge < -0.3 is 10.6 Å². The molecule has 1 amide bonds. The van der Waals surface area contributed by atoms with Crippen LogP contribution in [0.5, 0.6) is 0 Å². The molecule has 0 aliphatic carbocycles. The van der Waals surface area contributed by atoms with Gasteiger partial charge in [-0.25, -0.2) is 4.39 Å². The number of anilines is 1. The third-order valence-corrected chi connectivity index (χ3v) is 3.72. The Kier molecular flexibility index (Phi) is 4.44. The Balaban J connectivity index is 2.32. The normalized spacial score (nSPS) is 18.8. The van der Waals surface area contributed by atoms with Crippen molar-refractivity contribution in [3.05, 3.63) is 33.6 Å². The second-order valence-electron chi connectivity index (χ2n) is 5.28. The molecule has 126 valence electrons. The summed E-state index contributed by atoms with van der Waals surface area (Å²) in [4.78, 5) is 23.0. The van der Waals surface area contributed by atoms with Gasteiger partial charge in [0.2, 0.25) is 0 Å². The molecule has 0 radical (unpaired) electrons. The number of halogens is 4. The molecule has 10 heteroatoms. The fraction of sp³-hybridized carbons (Fsp3) is 0.462. The summed E-state index contributed by atoms with van der Waals surface area (Å²) < 4.78 is 51.8. The number of nitrogen functional groups attached to an aromatic ring is 1. The van der Waals surface area contributed by atoms with Crippen LogP contribution in [-0.4, -0.2) is 35.0 Å². The van der Waals surface area contributed by atoms with Crippen molar-refractivity contribution >= 4 is 17.3 Å². The third kappa shape index (κ3) is 3.51. The fourth-order valence-corrected chi connectivity index (χ4v) is 2.53. The number of piperidine rings is 1. The predicted molar refractivity (Wildman–Crippen MR) is 72.1 cm³/mol. The quantitative estimate of drug-likeness (QED) is 0.389. The van der Waals surface area contributed by atoms with Gasteiger partial charge in [0.05, 0.1) is 22.5 Å². The third-order valence-electron chi connectivity index (χ3n) is 3.72. The molecular weight excluding hydrogens is 322 g/mol. The monoisotopic (exact) mass is 335 g/mol. The van der Waals surface area contributed by atoms with Crippen molar-refractivity contribution in [1.29, 1.82) is 0 Å². The number of benzene rings is 1. The van der Waals surface area contributed by atoms with E-state index in [1.807, 2.05) is 0 Å². The molecule has 0 saturated carbocycles. The summed E-state index contributed by atoms with van der Waals surface area (Å²) in [5, 5.41) is 10.8. The van der Waals surface area contributed by atoms with E-state index in [-0.39, 0.29) is 19.4 Å². The molecule has 0 unspecified atom stereocenters. The molecule has 1 heterocycles. The first-order chi connectivity index (χ1) is 10.6. The van der Waals surface area contributed by atoms with Gasteiger partial charge in [-0.3, -0.25) is 14.9 Å². The second-order valence-corrected chi connectivity index (χ2v) is 5.28. The number of alkyl halides is 3. The molecule has 1 aromatic carbocycles. The van der Waals surface area contributed by atoms with Gasteiger partial charge in [0, 0.05) is 13.1 Å². The number of nitro groups is 1. The molecule has 0 aromatic heterocycles. The van der Waals surface area contributed by atoms with Gasteiger partial charge in [0.1, 0.15) is 11.5 Å². The Bertz CT molecular complexity index is 648. The smallest absolute Gasteiger partial charge is 0.393 e. The van der Waals surface area contributed by atoms with Crippen molar-refractivity contribution in [2.45, 2.75) is 19.0 Å². The molecule has 1 saturated heterocycles. The van der Waals surface area contributed by atoms with Crippen molar-refractivity contribution in [3.8, 4) is 0 Å². The van der Waals surface area contributed by atoms with E-state index in [1.54, 1.807) is 0 Å². The Morgan fingerprint density at radius 2 is 2.04 bits per heavy atom. The molecule has 1 fully saturated rings. The number of amides is 1. The van der Waals surface area contributed by atoms with E-state index in [0.29, 0.717) is 12.1 Å². The maximum atomic E-state index is 13.5. The lowest BCUT2D eigenvalue weighted by Gasteiger charge is -2.33. The van der Waals surface area contributed by atoms with Crippen molar-refractivity contribution in [1.82, 2.24) is 4.90 Å². The molecule has 1 aromatic rings.